The van der Waals surface area contributed by atoms with Crippen molar-refractivity contribution in [3.8, 4) is 0 Å². The number of hydrogen-bond acceptors (Lipinski definition) is 5. The van der Waals surface area contributed by atoms with E-state index in [0.29, 0.717) is 17.8 Å². The third kappa shape index (κ3) is 2.84. The van der Waals surface area contributed by atoms with E-state index in [1.54, 1.807) is 7.11 Å². The summed E-state index contributed by atoms with van der Waals surface area (Å²) in [5.41, 5.74) is -0.490. The molecule has 5 heteroatoms. The van der Waals surface area contributed by atoms with Crippen molar-refractivity contribution in [1.82, 2.24) is 15.5 Å². The Morgan fingerprint density at radius 1 is 1.53 bits per heavy atom. The number of aromatic nitrogens is 2. The van der Waals surface area contributed by atoms with E-state index in [1.165, 1.54) is 12.8 Å². The minimum atomic E-state index is -0.490. The molecule has 5 nitrogen and oxygen atoms in total. The molecule has 2 rings (SSSR count). The van der Waals surface area contributed by atoms with Gasteiger partial charge in [-0.2, -0.15) is 4.98 Å². The Kier molecular flexibility index (Phi) is 3.49. The maximum absolute atomic E-state index is 5.33. The predicted octanol–water partition coefficient (Wildman–Crippen LogP) is 1.49. The Morgan fingerprint density at radius 3 is 2.76 bits per heavy atom. The van der Waals surface area contributed by atoms with Gasteiger partial charge in [0, 0.05) is 19.6 Å². The lowest BCUT2D eigenvalue weighted by Crippen LogP contribution is -2.29. The summed E-state index contributed by atoms with van der Waals surface area (Å²) in [6.45, 7) is 3.86. The van der Waals surface area contributed by atoms with E-state index in [9.17, 15) is 0 Å². The molecule has 1 aromatic rings. The van der Waals surface area contributed by atoms with E-state index >= 15 is 0 Å². The monoisotopic (exact) mass is 239 g/mol. The molecule has 0 spiro atoms. The Bertz CT molecular complexity index is 372. The second kappa shape index (κ2) is 4.74. The van der Waals surface area contributed by atoms with Gasteiger partial charge in [0.15, 0.2) is 0 Å². The molecule has 1 atom stereocenters. The van der Waals surface area contributed by atoms with Crippen molar-refractivity contribution >= 4 is 0 Å². The van der Waals surface area contributed by atoms with Crippen LogP contribution in [0.15, 0.2) is 4.52 Å². The molecule has 0 aromatic carbocycles. The van der Waals surface area contributed by atoms with Gasteiger partial charge in [0.05, 0.1) is 0 Å². The van der Waals surface area contributed by atoms with Crippen molar-refractivity contribution in [2.45, 2.75) is 44.8 Å². The fourth-order valence-corrected chi connectivity index (χ4v) is 1.86. The molecule has 96 valence electrons. The number of nitrogens with zero attached hydrogens (tertiary/aromatic N) is 2. The summed E-state index contributed by atoms with van der Waals surface area (Å²) < 4.78 is 10.6. The molecule has 1 heterocycles. The molecule has 0 bridgehead atoms. The lowest BCUT2D eigenvalue weighted by Gasteiger charge is -2.17. The molecule has 0 saturated heterocycles. The number of hydrogen-bond donors (Lipinski definition) is 1. The molecule has 0 amide bonds. The summed E-state index contributed by atoms with van der Waals surface area (Å²) in [6.07, 6.45) is 3.40. The van der Waals surface area contributed by atoms with Crippen molar-refractivity contribution in [2.75, 3.05) is 14.2 Å². The normalized spacial score (nSPS) is 18.4. The van der Waals surface area contributed by atoms with E-state index in [0.717, 1.165) is 12.3 Å². The Labute approximate surface area is 102 Å². The molecule has 1 aromatic heterocycles. The molecular formula is C12H21N3O2. The summed E-state index contributed by atoms with van der Waals surface area (Å²) in [4.78, 5) is 4.41. The highest BCUT2D eigenvalue weighted by Gasteiger charge is 2.32. The molecule has 1 fully saturated rings. The maximum atomic E-state index is 5.33. The Hall–Kier alpha value is -0.940. The summed E-state index contributed by atoms with van der Waals surface area (Å²) in [7, 11) is 3.63. The standard InChI is InChI=1S/C12H21N3O2/c1-12(2,16-4)11-14-10(17-15-11)7-9(13-3)8-5-6-8/h8-9,13H,5-7H2,1-4H3. The van der Waals surface area contributed by atoms with E-state index in [-0.39, 0.29) is 0 Å². The van der Waals surface area contributed by atoms with E-state index < -0.39 is 5.60 Å². The highest BCUT2D eigenvalue weighted by atomic mass is 16.5. The number of rotatable bonds is 6. The lowest BCUT2D eigenvalue weighted by atomic mass is 10.1. The number of likely N-dealkylation sites (N-methyl/N-ethyl adjacent to an activating group) is 1. The molecule has 1 saturated carbocycles. The summed E-state index contributed by atoms with van der Waals surface area (Å²) in [5.74, 6) is 2.07. The SMILES string of the molecule is CNC(Cc1nc(C(C)(C)OC)no1)C1CC1. The van der Waals surface area contributed by atoms with Crippen molar-refractivity contribution in [1.29, 1.82) is 0 Å². The maximum Gasteiger partial charge on any atom is 0.228 e. The zero-order valence-electron chi connectivity index (χ0n) is 11.0. The number of nitrogens with one attached hydrogen (secondary N) is 1. The average Bonchev–Trinajstić information content (AvgIpc) is 3.05. The van der Waals surface area contributed by atoms with E-state index in [4.69, 9.17) is 9.26 Å². The van der Waals surface area contributed by atoms with Crippen molar-refractivity contribution in [2.24, 2.45) is 5.92 Å². The van der Waals surface area contributed by atoms with Crippen molar-refractivity contribution in [3.63, 3.8) is 0 Å². The van der Waals surface area contributed by atoms with Crippen LogP contribution in [-0.2, 0) is 16.8 Å². The van der Waals surface area contributed by atoms with Gasteiger partial charge < -0.3 is 14.6 Å². The van der Waals surface area contributed by atoms with Crippen molar-refractivity contribution in [3.05, 3.63) is 11.7 Å². The van der Waals surface area contributed by atoms with Gasteiger partial charge in [-0.15, -0.1) is 0 Å². The van der Waals surface area contributed by atoms with Crippen LogP contribution in [0.2, 0.25) is 0 Å². The first-order chi connectivity index (χ1) is 8.06. The second-order valence-corrected chi connectivity index (χ2v) is 5.16. The Morgan fingerprint density at radius 2 is 2.24 bits per heavy atom. The third-order valence-electron chi connectivity index (χ3n) is 3.47. The van der Waals surface area contributed by atoms with Crippen molar-refractivity contribution < 1.29 is 9.26 Å². The van der Waals surface area contributed by atoms with Gasteiger partial charge in [0.25, 0.3) is 0 Å². The average molecular weight is 239 g/mol. The first kappa shape index (κ1) is 12.5. The molecule has 1 N–H and O–H groups in total. The van der Waals surface area contributed by atoms with Crippen LogP contribution >= 0.6 is 0 Å². The molecule has 0 aliphatic heterocycles. The van der Waals surface area contributed by atoms with Gasteiger partial charge in [-0.3, -0.25) is 0 Å². The molecular weight excluding hydrogens is 218 g/mol. The minimum absolute atomic E-state index is 0.453. The second-order valence-electron chi connectivity index (χ2n) is 5.16. The smallest absolute Gasteiger partial charge is 0.228 e. The van der Waals surface area contributed by atoms with Gasteiger partial charge in [-0.25, -0.2) is 0 Å². The summed E-state index contributed by atoms with van der Waals surface area (Å²) in [6, 6.07) is 0.453. The molecule has 1 aliphatic carbocycles. The van der Waals surface area contributed by atoms with Crippen LogP contribution < -0.4 is 5.32 Å². The fourth-order valence-electron chi connectivity index (χ4n) is 1.86. The van der Waals surface area contributed by atoms with E-state index in [1.807, 2.05) is 20.9 Å². The molecule has 1 unspecified atom stereocenters. The summed E-state index contributed by atoms with van der Waals surface area (Å²) >= 11 is 0. The molecule has 17 heavy (non-hydrogen) atoms. The predicted molar refractivity (Wildman–Crippen MR) is 63.6 cm³/mol. The highest BCUT2D eigenvalue weighted by molar-refractivity contribution is 4.99. The largest absolute Gasteiger partial charge is 0.371 e. The highest BCUT2D eigenvalue weighted by Crippen LogP contribution is 2.33. The van der Waals surface area contributed by atoms with Crippen LogP contribution in [0.1, 0.15) is 38.4 Å². The van der Waals surface area contributed by atoms with Crippen LogP contribution in [0.3, 0.4) is 0 Å². The summed E-state index contributed by atoms with van der Waals surface area (Å²) in [5, 5.41) is 7.30. The fraction of sp³-hybridized carbons (Fsp3) is 0.833. The van der Waals surface area contributed by atoms with Crippen LogP contribution in [0.5, 0.6) is 0 Å². The van der Waals surface area contributed by atoms with Gasteiger partial charge in [0.1, 0.15) is 5.60 Å². The van der Waals surface area contributed by atoms with Gasteiger partial charge in [0.2, 0.25) is 11.7 Å². The zero-order valence-corrected chi connectivity index (χ0v) is 11.0. The van der Waals surface area contributed by atoms with Crippen LogP contribution in [0.25, 0.3) is 0 Å². The van der Waals surface area contributed by atoms with Gasteiger partial charge >= 0.3 is 0 Å². The first-order valence-corrected chi connectivity index (χ1v) is 6.12. The van der Waals surface area contributed by atoms with E-state index in [2.05, 4.69) is 15.5 Å². The number of ether oxygens (including phenoxy) is 1. The number of methoxy groups -OCH3 is 1. The first-order valence-electron chi connectivity index (χ1n) is 6.12. The Balaban J connectivity index is 2.02. The zero-order chi connectivity index (χ0) is 12.5. The molecule has 0 radical (unpaired) electrons. The van der Waals surface area contributed by atoms with Crippen LogP contribution in [-0.4, -0.2) is 30.3 Å². The van der Waals surface area contributed by atoms with Crippen LogP contribution in [0, 0.1) is 5.92 Å². The lowest BCUT2D eigenvalue weighted by molar-refractivity contribution is 0.00973. The van der Waals surface area contributed by atoms with Gasteiger partial charge in [-0.05, 0) is 39.7 Å². The van der Waals surface area contributed by atoms with Crippen LogP contribution in [0.4, 0.5) is 0 Å². The molecule has 1 aliphatic rings. The minimum Gasteiger partial charge on any atom is -0.371 e. The topological polar surface area (TPSA) is 60.2 Å². The quantitative estimate of drug-likeness (QED) is 0.815. The van der Waals surface area contributed by atoms with Gasteiger partial charge in [-0.1, -0.05) is 5.16 Å². The third-order valence-corrected chi connectivity index (χ3v) is 3.47.